The Bertz CT molecular complexity index is 1110. The van der Waals surface area contributed by atoms with Crippen LogP contribution in [0.25, 0.3) is 11.3 Å². The number of benzene rings is 2. The molecule has 1 fully saturated rings. The maximum absolute atomic E-state index is 13.5. The van der Waals surface area contributed by atoms with Gasteiger partial charge < -0.3 is 14.4 Å². The Morgan fingerprint density at radius 1 is 1.00 bits per heavy atom. The highest BCUT2D eigenvalue weighted by Crippen LogP contribution is 2.47. The van der Waals surface area contributed by atoms with Crippen LogP contribution in [0.5, 0.6) is 11.5 Å². The smallest absolute Gasteiger partial charge is 0.273 e. The van der Waals surface area contributed by atoms with Gasteiger partial charge in [0.1, 0.15) is 5.69 Å². The molecule has 2 aromatic carbocycles. The number of fused-ring (bicyclic) bond motifs is 1. The van der Waals surface area contributed by atoms with Gasteiger partial charge in [-0.1, -0.05) is 48.7 Å². The number of amides is 1. The Morgan fingerprint density at radius 3 is 2.39 bits per heavy atom. The number of carbonyl (C=O) groups excluding carboxylic acids is 1. The van der Waals surface area contributed by atoms with E-state index in [9.17, 15) is 4.79 Å². The maximum Gasteiger partial charge on any atom is 0.273 e. The Balaban J connectivity index is 1.68. The van der Waals surface area contributed by atoms with Crippen LogP contribution in [-0.2, 0) is 0 Å². The average molecular weight is 418 g/mol. The summed E-state index contributed by atoms with van der Waals surface area (Å²) in [5.74, 6) is 1.37. The summed E-state index contributed by atoms with van der Waals surface area (Å²) in [4.78, 5) is 15.6. The summed E-state index contributed by atoms with van der Waals surface area (Å²) in [6, 6.07) is 14.2. The molecule has 0 bridgehead atoms. The number of methoxy groups -OCH3 is 2. The molecule has 1 atom stereocenters. The van der Waals surface area contributed by atoms with Crippen LogP contribution in [0, 0.1) is 6.92 Å². The van der Waals surface area contributed by atoms with E-state index in [2.05, 4.69) is 46.3 Å². The van der Waals surface area contributed by atoms with E-state index in [-0.39, 0.29) is 18.0 Å². The highest BCUT2D eigenvalue weighted by atomic mass is 16.5. The molecule has 2 heterocycles. The number of nitrogens with one attached hydrogen (secondary N) is 1. The second-order valence-electron chi connectivity index (χ2n) is 8.39. The third kappa shape index (κ3) is 3.17. The van der Waals surface area contributed by atoms with Crippen LogP contribution >= 0.6 is 0 Å². The van der Waals surface area contributed by atoms with E-state index in [0.29, 0.717) is 17.2 Å². The van der Waals surface area contributed by atoms with E-state index >= 15 is 0 Å². The third-order valence-electron chi connectivity index (χ3n) is 6.57. The Kier molecular flexibility index (Phi) is 4.93. The summed E-state index contributed by atoms with van der Waals surface area (Å²) in [7, 11) is 3.27. The standard InChI is InChI=1S/C25H27N3O3/c1-15-8-10-16(11-9-15)22-21-23(27-26-22)25(29)28(18-6-4-5-7-18)24(21)17-12-13-19(30-2)20(14-17)31-3/h8-14,18,24H,4-7H2,1-3H3,(H,26,27). The molecule has 1 amide bonds. The monoisotopic (exact) mass is 417 g/mol. The predicted octanol–water partition coefficient (Wildman–Crippen LogP) is 4.89. The molecular formula is C25H27N3O3. The first-order valence-electron chi connectivity index (χ1n) is 10.8. The normalized spacial score (nSPS) is 18.5. The number of H-pyrrole nitrogens is 1. The first kappa shape index (κ1) is 19.7. The summed E-state index contributed by atoms with van der Waals surface area (Å²) in [6.07, 6.45) is 4.38. The number of nitrogens with zero attached hydrogens (tertiary/aromatic N) is 2. The minimum absolute atomic E-state index is 0.0348. The lowest BCUT2D eigenvalue weighted by molar-refractivity contribution is 0.0660. The fraction of sp³-hybridized carbons (Fsp3) is 0.360. The number of ether oxygens (including phenoxy) is 2. The van der Waals surface area contributed by atoms with Crippen LogP contribution in [0.2, 0.25) is 0 Å². The van der Waals surface area contributed by atoms with E-state index in [4.69, 9.17) is 9.47 Å². The van der Waals surface area contributed by atoms with E-state index in [1.807, 2.05) is 18.2 Å². The third-order valence-corrected chi connectivity index (χ3v) is 6.57. The van der Waals surface area contributed by atoms with Gasteiger partial charge >= 0.3 is 0 Å². The SMILES string of the molecule is COc1ccc(C2c3c(-c4ccc(C)cc4)n[nH]c3C(=O)N2C2CCCC2)cc1OC. The summed E-state index contributed by atoms with van der Waals surface area (Å²) < 4.78 is 11.0. The number of rotatable bonds is 5. The van der Waals surface area contributed by atoms with Gasteiger partial charge in [-0.25, -0.2) is 0 Å². The summed E-state index contributed by atoms with van der Waals surface area (Å²) in [6.45, 7) is 2.07. The Labute approximate surface area is 182 Å². The molecule has 1 saturated carbocycles. The second-order valence-corrected chi connectivity index (χ2v) is 8.39. The van der Waals surface area contributed by atoms with Gasteiger partial charge in [0, 0.05) is 17.2 Å². The van der Waals surface area contributed by atoms with Crippen LogP contribution in [0.15, 0.2) is 42.5 Å². The highest BCUT2D eigenvalue weighted by molar-refractivity contribution is 6.00. The molecule has 160 valence electrons. The number of hydrogen-bond acceptors (Lipinski definition) is 4. The fourth-order valence-corrected chi connectivity index (χ4v) is 5.01. The number of aromatic nitrogens is 2. The van der Waals surface area contributed by atoms with Crippen molar-refractivity contribution < 1.29 is 14.3 Å². The van der Waals surface area contributed by atoms with Gasteiger partial charge in [-0.3, -0.25) is 9.89 Å². The minimum atomic E-state index is -0.208. The summed E-state index contributed by atoms with van der Waals surface area (Å²) >= 11 is 0. The van der Waals surface area contributed by atoms with Gasteiger partial charge in [-0.15, -0.1) is 0 Å². The number of aromatic amines is 1. The lowest BCUT2D eigenvalue weighted by Crippen LogP contribution is -2.37. The maximum atomic E-state index is 13.5. The van der Waals surface area contributed by atoms with Crippen LogP contribution in [-0.4, -0.2) is 41.3 Å². The van der Waals surface area contributed by atoms with Gasteiger partial charge in [0.15, 0.2) is 11.5 Å². The van der Waals surface area contributed by atoms with E-state index < -0.39 is 0 Å². The lowest BCUT2D eigenvalue weighted by Gasteiger charge is -2.32. The fourth-order valence-electron chi connectivity index (χ4n) is 5.01. The van der Waals surface area contributed by atoms with Crippen LogP contribution in [0.4, 0.5) is 0 Å². The Hall–Kier alpha value is -3.28. The molecule has 1 aliphatic carbocycles. The van der Waals surface area contributed by atoms with Crippen LogP contribution in [0.3, 0.4) is 0 Å². The first-order chi connectivity index (χ1) is 15.1. The molecule has 1 N–H and O–H groups in total. The van der Waals surface area contributed by atoms with Gasteiger partial charge in [-0.2, -0.15) is 5.10 Å². The zero-order chi connectivity index (χ0) is 21.5. The predicted molar refractivity (Wildman–Crippen MR) is 119 cm³/mol. The molecule has 3 aromatic rings. The van der Waals surface area contributed by atoms with Crippen LogP contribution in [0.1, 0.15) is 58.9 Å². The van der Waals surface area contributed by atoms with E-state index in [1.54, 1.807) is 14.2 Å². The van der Waals surface area contributed by atoms with Crippen molar-refractivity contribution in [3.05, 3.63) is 64.8 Å². The van der Waals surface area contributed by atoms with E-state index in [1.165, 1.54) is 5.56 Å². The molecule has 6 heteroatoms. The first-order valence-corrected chi connectivity index (χ1v) is 10.8. The molecule has 5 rings (SSSR count). The number of aryl methyl sites for hydroxylation is 1. The lowest BCUT2D eigenvalue weighted by atomic mass is 9.94. The highest BCUT2D eigenvalue weighted by Gasteiger charge is 2.45. The van der Waals surface area contributed by atoms with Gasteiger partial charge in [0.2, 0.25) is 0 Å². The molecule has 0 spiro atoms. The summed E-state index contributed by atoms with van der Waals surface area (Å²) in [5, 5.41) is 7.63. The zero-order valence-electron chi connectivity index (χ0n) is 18.1. The molecule has 1 aliphatic heterocycles. The molecular weight excluding hydrogens is 390 g/mol. The number of hydrogen-bond donors (Lipinski definition) is 1. The van der Waals surface area contributed by atoms with Crippen molar-refractivity contribution in [1.82, 2.24) is 15.1 Å². The van der Waals surface area contributed by atoms with Crippen molar-refractivity contribution in [3.63, 3.8) is 0 Å². The van der Waals surface area contributed by atoms with Crippen molar-refractivity contribution >= 4 is 5.91 Å². The molecule has 6 nitrogen and oxygen atoms in total. The molecule has 0 radical (unpaired) electrons. The molecule has 1 unspecified atom stereocenters. The van der Waals surface area contributed by atoms with Crippen molar-refractivity contribution in [2.75, 3.05) is 14.2 Å². The minimum Gasteiger partial charge on any atom is -0.493 e. The molecule has 0 saturated heterocycles. The van der Waals surface area contributed by atoms with Gasteiger partial charge in [-0.05, 0) is 37.5 Å². The zero-order valence-corrected chi connectivity index (χ0v) is 18.1. The average Bonchev–Trinajstić information content (AvgIpc) is 3.52. The van der Waals surface area contributed by atoms with Crippen molar-refractivity contribution in [2.24, 2.45) is 0 Å². The molecule has 1 aromatic heterocycles. The second kappa shape index (κ2) is 7.76. The van der Waals surface area contributed by atoms with E-state index in [0.717, 1.165) is 48.1 Å². The quantitative estimate of drug-likeness (QED) is 0.642. The van der Waals surface area contributed by atoms with Gasteiger partial charge in [0.25, 0.3) is 5.91 Å². The van der Waals surface area contributed by atoms with Crippen LogP contribution < -0.4 is 9.47 Å². The molecule has 2 aliphatic rings. The van der Waals surface area contributed by atoms with Crippen molar-refractivity contribution in [1.29, 1.82) is 0 Å². The van der Waals surface area contributed by atoms with Crippen molar-refractivity contribution in [2.45, 2.75) is 44.7 Å². The van der Waals surface area contributed by atoms with Gasteiger partial charge in [0.05, 0.1) is 26.0 Å². The largest absolute Gasteiger partial charge is 0.493 e. The number of carbonyl (C=O) groups is 1. The summed E-state index contributed by atoms with van der Waals surface area (Å²) in [5.41, 5.74) is 5.59. The Morgan fingerprint density at radius 2 is 1.71 bits per heavy atom. The molecule has 31 heavy (non-hydrogen) atoms. The van der Waals surface area contributed by atoms with Crippen molar-refractivity contribution in [3.8, 4) is 22.8 Å². The topological polar surface area (TPSA) is 67.5 Å².